The van der Waals surface area contributed by atoms with Crippen molar-refractivity contribution in [2.24, 2.45) is 5.92 Å². The van der Waals surface area contributed by atoms with Crippen molar-refractivity contribution in [2.75, 3.05) is 13.1 Å². The smallest absolute Gasteiger partial charge is 0.251 e. The predicted molar refractivity (Wildman–Crippen MR) is 126 cm³/mol. The molecule has 4 rings (SSSR count). The van der Waals surface area contributed by atoms with Crippen LogP contribution in [0.5, 0.6) is 5.75 Å². The first-order chi connectivity index (χ1) is 15.7. The lowest BCUT2D eigenvalue weighted by Crippen LogP contribution is -2.33. The van der Waals surface area contributed by atoms with E-state index in [4.69, 9.17) is 4.74 Å². The molecule has 166 valence electrons. The van der Waals surface area contributed by atoms with Crippen LogP contribution in [-0.4, -0.2) is 28.9 Å². The summed E-state index contributed by atoms with van der Waals surface area (Å²) in [5.41, 5.74) is 4.10. The third-order valence-electron chi connectivity index (χ3n) is 6.07. The summed E-state index contributed by atoms with van der Waals surface area (Å²) >= 11 is 0. The lowest BCUT2D eigenvalue weighted by molar-refractivity contribution is 0.0950. The van der Waals surface area contributed by atoms with Gasteiger partial charge >= 0.3 is 0 Å². The van der Waals surface area contributed by atoms with Gasteiger partial charge in [-0.25, -0.2) is 0 Å². The number of aromatic nitrogens is 1. The molecule has 2 aromatic carbocycles. The number of likely N-dealkylation sites (tertiary alicyclic amines) is 1. The Morgan fingerprint density at radius 1 is 1.03 bits per heavy atom. The molecule has 0 radical (unpaired) electrons. The molecule has 1 saturated heterocycles. The maximum Gasteiger partial charge on any atom is 0.251 e. The van der Waals surface area contributed by atoms with Crippen molar-refractivity contribution >= 4 is 5.91 Å². The van der Waals surface area contributed by atoms with Crippen molar-refractivity contribution in [2.45, 2.75) is 39.5 Å². The van der Waals surface area contributed by atoms with Gasteiger partial charge < -0.3 is 10.1 Å². The number of amides is 1. The summed E-state index contributed by atoms with van der Waals surface area (Å²) in [7, 11) is 0. The van der Waals surface area contributed by atoms with Crippen LogP contribution < -0.4 is 10.1 Å². The van der Waals surface area contributed by atoms with Crippen LogP contribution in [0.2, 0.25) is 0 Å². The SMILES string of the molecule is CC1CCN(Cc2ccccc2CNC(=O)c2ccc(OCc3cccnc3)cc2)CC1. The minimum absolute atomic E-state index is 0.0783. The van der Waals surface area contributed by atoms with Gasteiger partial charge in [-0.2, -0.15) is 0 Å². The van der Waals surface area contributed by atoms with Gasteiger partial charge in [-0.1, -0.05) is 37.3 Å². The van der Waals surface area contributed by atoms with Gasteiger partial charge in [0.1, 0.15) is 12.4 Å². The molecule has 1 aliphatic heterocycles. The van der Waals surface area contributed by atoms with E-state index >= 15 is 0 Å². The number of hydrogen-bond donors (Lipinski definition) is 1. The molecule has 5 heteroatoms. The predicted octanol–water partition coefficient (Wildman–Crippen LogP) is 4.82. The van der Waals surface area contributed by atoms with Crippen LogP contribution in [0.3, 0.4) is 0 Å². The van der Waals surface area contributed by atoms with E-state index in [1.54, 1.807) is 24.5 Å². The number of carbonyl (C=O) groups is 1. The minimum atomic E-state index is -0.0783. The number of benzene rings is 2. The van der Waals surface area contributed by atoms with Gasteiger partial charge in [-0.15, -0.1) is 0 Å². The highest BCUT2D eigenvalue weighted by molar-refractivity contribution is 5.94. The van der Waals surface area contributed by atoms with Gasteiger partial charge in [0.15, 0.2) is 0 Å². The van der Waals surface area contributed by atoms with Crippen LogP contribution in [0.4, 0.5) is 0 Å². The lowest BCUT2D eigenvalue weighted by atomic mass is 9.98. The molecule has 0 atom stereocenters. The average molecular weight is 430 g/mol. The largest absolute Gasteiger partial charge is 0.489 e. The molecule has 1 aliphatic rings. The van der Waals surface area contributed by atoms with E-state index in [2.05, 4.69) is 40.3 Å². The van der Waals surface area contributed by atoms with E-state index in [0.29, 0.717) is 18.7 Å². The van der Waals surface area contributed by atoms with Crippen molar-refractivity contribution in [3.05, 3.63) is 95.3 Å². The van der Waals surface area contributed by atoms with E-state index < -0.39 is 0 Å². The number of pyridine rings is 1. The van der Waals surface area contributed by atoms with Gasteiger partial charge in [-0.05, 0) is 73.3 Å². The first kappa shape index (κ1) is 22.0. The summed E-state index contributed by atoms with van der Waals surface area (Å²) in [6.07, 6.45) is 6.05. The Kier molecular flexibility index (Phi) is 7.51. The van der Waals surface area contributed by atoms with Crippen LogP contribution in [0.15, 0.2) is 73.1 Å². The Morgan fingerprint density at radius 2 is 1.78 bits per heavy atom. The molecular formula is C27H31N3O2. The van der Waals surface area contributed by atoms with E-state index in [-0.39, 0.29) is 5.91 Å². The van der Waals surface area contributed by atoms with E-state index in [0.717, 1.165) is 36.9 Å². The highest BCUT2D eigenvalue weighted by atomic mass is 16.5. The fraction of sp³-hybridized carbons (Fsp3) is 0.333. The van der Waals surface area contributed by atoms with E-state index in [9.17, 15) is 4.79 Å². The van der Waals surface area contributed by atoms with Crippen LogP contribution in [0.25, 0.3) is 0 Å². The van der Waals surface area contributed by atoms with Crippen molar-refractivity contribution in [3.8, 4) is 5.75 Å². The number of piperidine rings is 1. The highest BCUT2D eigenvalue weighted by Gasteiger charge is 2.17. The normalized spacial score (nSPS) is 14.8. The fourth-order valence-electron chi connectivity index (χ4n) is 3.98. The van der Waals surface area contributed by atoms with Crippen molar-refractivity contribution in [1.29, 1.82) is 0 Å². The monoisotopic (exact) mass is 429 g/mol. The maximum absolute atomic E-state index is 12.7. The zero-order chi connectivity index (χ0) is 22.2. The second kappa shape index (κ2) is 10.9. The van der Waals surface area contributed by atoms with Crippen LogP contribution in [0.1, 0.15) is 46.8 Å². The molecule has 1 amide bonds. The summed E-state index contributed by atoms with van der Waals surface area (Å²) in [6, 6.07) is 19.5. The van der Waals surface area contributed by atoms with Gasteiger partial charge in [0.25, 0.3) is 5.91 Å². The Labute approximate surface area is 190 Å². The Bertz CT molecular complexity index is 997. The molecule has 32 heavy (non-hydrogen) atoms. The number of nitrogens with zero attached hydrogens (tertiary/aromatic N) is 2. The van der Waals surface area contributed by atoms with Crippen molar-refractivity contribution in [3.63, 3.8) is 0 Å². The third-order valence-corrected chi connectivity index (χ3v) is 6.07. The molecule has 1 aromatic heterocycles. The summed E-state index contributed by atoms with van der Waals surface area (Å²) in [5, 5.41) is 3.07. The Hall–Kier alpha value is -3.18. The molecule has 0 unspecified atom stereocenters. The number of ether oxygens (including phenoxy) is 1. The lowest BCUT2D eigenvalue weighted by Gasteiger charge is -2.30. The summed E-state index contributed by atoms with van der Waals surface area (Å²) in [5.74, 6) is 1.48. The summed E-state index contributed by atoms with van der Waals surface area (Å²) in [6.45, 7) is 6.56. The zero-order valence-electron chi connectivity index (χ0n) is 18.7. The number of hydrogen-bond acceptors (Lipinski definition) is 4. The molecule has 0 spiro atoms. The zero-order valence-corrected chi connectivity index (χ0v) is 18.7. The Morgan fingerprint density at radius 3 is 2.50 bits per heavy atom. The van der Waals surface area contributed by atoms with Crippen LogP contribution in [-0.2, 0) is 19.7 Å². The summed E-state index contributed by atoms with van der Waals surface area (Å²) < 4.78 is 5.77. The highest BCUT2D eigenvalue weighted by Crippen LogP contribution is 2.20. The van der Waals surface area contributed by atoms with E-state index in [1.165, 1.54) is 24.0 Å². The molecule has 0 bridgehead atoms. The third kappa shape index (κ3) is 6.17. The maximum atomic E-state index is 12.7. The van der Waals surface area contributed by atoms with Gasteiger partial charge in [0, 0.05) is 36.6 Å². The topological polar surface area (TPSA) is 54.5 Å². The molecule has 0 saturated carbocycles. The van der Waals surface area contributed by atoms with Crippen LogP contribution >= 0.6 is 0 Å². The quantitative estimate of drug-likeness (QED) is 0.558. The van der Waals surface area contributed by atoms with E-state index in [1.807, 2.05) is 30.3 Å². The molecule has 5 nitrogen and oxygen atoms in total. The number of nitrogens with one attached hydrogen (secondary N) is 1. The molecular weight excluding hydrogens is 398 g/mol. The molecule has 3 aromatic rings. The molecule has 1 fully saturated rings. The first-order valence-corrected chi connectivity index (χ1v) is 11.4. The van der Waals surface area contributed by atoms with Gasteiger partial charge in [-0.3, -0.25) is 14.7 Å². The van der Waals surface area contributed by atoms with Gasteiger partial charge in [0.05, 0.1) is 0 Å². The minimum Gasteiger partial charge on any atom is -0.489 e. The molecule has 0 aliphatic carbocycles. The van der Waals surface area contributed by atoms with Crippen molar-refractivity contribution < 1.29 is 9.53 Å². The van der Waals surface area contributed by atoms with Crippen molar-refractivity contribution in [1.82, 2.24) is 15.2 Å². The molecule has 2 heterocycles. The Balaban J connectivity index is 1.30. The average Bonchev–Trinajstić information content (AvgIpc) is 2.84. The fourth-order valence-corrected chi connectivity index (χ4v) is 3.98. The van der Waals surface area contributed by atoms with Gasteiger partial charge in [0.2, 0.25) is 0 Å². The first-order valence-electron chi connectivity index (χ1n) is 11.4. The number of rotatable bonds is 8. The van der Waals surface area contributed by atoms with Crippen LogP contribution in [0, 0.1) is 5.92 Å². The summed E-state index contributed by atoms with van der Waals surface area (Å²) in [4.78, 5) is 19.3. The second-order valence-corrected chi connectivity index (χ2v) is 8.58. The standard InChI is InChI=1S/C27H31N3O2/c1-21-12-15-30(16-13-21)19-25-7-3-2-6-24(25)18-29-27(31)23-8-10-26(11-9-23)32-20-22-5-4-14-28-17-22/h2-11,14,17,21H,12-13,15-16,18-20H2,1H3,(H,29,31). The number of carbonyl (C=O) groups excluding carboxylic acids is 1. The molecule has 1 N–H and O–H groups in total. The second-order valence-electron chi connectivity index (χ2n) is 8.58.